The van der Waals surface area contributed by atoms with Gasteiger partial charge >= 0.3 is 5.97 Å². The van der Waals surface area contributed by atoms with Gasteiger partial charge in [-0.2, -0.15) is 0 Å². The monoisotopic (exact) mass is 282 g/mol. The van der Waals surface area contributed by atoms with Crippen LogP contribution in [0.4, 0.5) is 0 Å². The van der Waals surface area contributed by atoms with Gasteiger partial charge in [-0.15, -0.1) is 0 Å². The summed E-state index contributed by atoms with van der Waals surface area (Å²) in [5.74, 6) is 0.110. The highest BCUT2D eigenvalue weighted by molar-refractivity contribution is 5.78. The number of hydrogen-bond acceptors (Lipinski definition) is 3. The molecule has 0 spiro atoms. The second-order valence-corrected chi connectivity index (χ2v) is 6.40. The van der Waals surface area contributed by atoms with E-state index in [-0.39, 0.29) is 6.61 Å². The van der Waals surface area contributed by atoms with E-state index in [0.29, 0.717) is 5.92 Å². The molecule has 1 N–H and O–H groups in total. The molecule has 0 aromatic heterocycles. The van der Waals surface area contributed by atoms with E-state index in [4.69, 9.17) is 4.74 Å². The average Bonchev–Trinajstić information content (AvgIpc) is 2.26. The van der Waals surface area contributed by atoms with E-state index in [1.165, 1.54) is 25.0 Å². The maximum absolute atomic E-state index is 11.3. The molecule has 0 aliphatic rings. The van der Waals surface area contributed by atoms with Crippen LogP contribution in [0.5, 0.6) is 0 Å². The van der Waals surface area contributed by atoms with E-state index in [1.54, 1.807) is 0 Å². The van der Waals surface area contributed by atoms with E-state index in [0.717, 1.165) is 19.3 Å². The van der Waals surface area contributed by atoms with Gasteiger partial charge < -0.3 is 9.84 Å². The molecule has 0 radical (unpaired) electrons. The van der Waals surface area contributed by atoms with E-state index in [1.807, 2.05) is 13.0 Å². The molecule has 0 aromatic rings. The number of esters is 1. The van der Waals surface area contributed by atoms with Crippen LogP contribution < -0.4 is 0 Å². The number of hydrogen-bond donors (Lipinski definition) is 1. The minimum atomic E-state index is -1.42. The lowest BCUT2D eigenvalue weighted by atomic mass is 10.0. The fraction of sp³-hybridized carbons (Fsp3) is 0.706. The molecule has 0 atom stereocenters. The second kappa shape index (κ2) is 8.96. The minimum absolute atomic E-state index is 0.226. The maximum Gasteiger partial charge on any atom is 0.337 e. The molecule has 0 aromatic carbocycles. The topological polar surface area (TPSA) is 46.5 Å². The first-order chi connectivity index (χ1) is 9.12. The fourth-order valence-corrected chi connectivity index (χ4v) is 1.81. The van der Waals surface area contributed by atoms with E-state index < -0.39 is 11.6 Å². The largest absolute Gasteiger partial charge is 0.459 e. The van der Waals surface area contributed by atoms with Gasteiger partial charge in [0.05, 0.1) is 0 Å². The van der Waals surface area contributed by atoms with E-state index >= 15 is 0 Å². The maximum atomic E-state index is 11.3. The van der Waals surface area contributed by atoms with Crippen molar-refractivity contribution < 1.29 is 14.6 Å². The molecule has 0 bridgehead atoms. The SMILES string of the molecule is CC(=CCOC(=O)C(C)(C)O)CCC=C(C)CC(C)C. The normalized spacial score (nSPS) is 13.8. The lowest BCUT2D eigenvalue weighted by Gasteiger charge is -2.14. The zero-order chi connectivity index (χ0) is 15.8. The van der Waals surface area contributed by atoms with Crippen LogP contribution in [0.25, 0.3) is 0 Å². The molecule has 0 heterocycles. The zero-order valence-electron chi connectivity index (χ0n) is 13.8. The molecule has 3 nitrogen and oxygen atoms in total. The molecule has 0 saturated carbocycles. The van der Waals surface area contributed by atoms with Crippen LogP contribution >= 0.6 is 0 Å². The van der Waals surface area contributed by atoms with Crippen molar-refractivity contribution >= 4 is 5.97 Å². The highest BCUT2D eigenvalue weighted by Gasteiger charge is 2.24. The van der Waals surface area contributed by atoms with Gasteiger partial charge in [0.15, 0.2) is 5.60 Å². The number of carbonyl (C=O) groups excluding carboxylic acids is 1. The minimum Gasteiger partial charge on any atom is -0.459 e. The first-order valence-corrected chi connectivity index (χ1v) is 7.33. The molecule has 0 aliphatic heterocycles. The van der Waals surface area contributed by atoms with Crippen molar-refractivity contribution in [3.63, 3.8) is 0 Å². The predicted molar refractivity (Wildman–Crippen MR) is 83.5 cm³/mol. The molecule has 0 saturated heterocycles. The first-order valence-electron chi connectivity index (χ1n) is 7.33. The summed E-state index contributed by atoms with van der Waals surface area (Å²) in [6.07, 6.45) is 7.30. The Kier molecular flexibility index (Phi) is 8.47. The van der Waals surface area contributed by atoms with Crippen LogP contribution in [-0.4, -0.2) is 23.3 Å². The van der Waals surface area contributed by atoms with Gasteiger partial charge in [0.25, 0.3) is 0 Å². The van der Waals surface area contributed by atoms with Crippen LogP contribution in [0, 0.1) is 5.92 Å². The van der Waals surface area contributed by atoms with Crippen LogP contribution in [0.15, 0.2) is 23.3 Å². The summed E-state index contributed by atoms with van der Waals surface area (Å²) in [5.41, 5.74) is 1.21. The third-order valence-corrected chi connectivity index (χ3v) is 2.91. The molecule has 20 heavy (non-hydrogen) atoms. The van der Waals surface area contributed by atoms with Gasteiger partial charge in [0.2, 0.25) is 0 Å². The van der Waals surface area contributed by atoms with Gasteiger partial charge in [-0.25, -0.2) is 4.79 Å². The van der Waals surface area contributed by atoms with E-state index in [2.05, 4.69) is 26.8 Å². The molecular formula is C17H30O3. The van der Waals surface area contributed by atoms with Crippen molar-refractivity contribution in [1.29, 1.82) is 0 Å². The second-order valence-electron chi connectivity index (χ2n) is 6.40. The van der Waals surface area contributed by atoms with Crippen molar-refractivity contribution in [2.24, 2.45) is 5.92 Å². The highest BCUT2D eigenvalue weighted by atomic mass is 16.5. The van der Waals surface area contributed by atoms with Crippen LogP contribution in [0.1, 0.15) is 60.8 Å². The summed E-state index contributed by atoms with van der Waals surface area (Å²) in [7, 11) is 0. The Hall–Kier alpha value is -1.09. The smallest absolute Gasteiger partial charge is 0.337 e. The molecule has 0 unspecified atom stereocenters. The number of rotatable bonds is 8. The van der Waals surface area contributed by atoms with Gasteiger partial charge in [-0.1, -0.05) is 31.1 Å². The average molecular weight is 282 g/mol. The zero-order valence-corrected chi connectivity index (χ0v) is 13.8. The predicted octanol–water partition coefficient (Wildman–Crippen LogP) is 4.02. The summed E-state index contributed by atoms with van der Waals surface area (Å²) in [4.78, 5) is 11.3. The molecule has 0 aliphatic carbocycles. The standard InChI is InChI=1S/C17H30O3/c1-13(2)12-15(4)9-7-8-14(3)10-11-20-16(18)17(5,6)19/h9-10,13,19H,7-8,11-12H2,1-6H3. The van der Waals surface area contributed by atoms with Crippen molar-refractivity contribution in [2.75, 3.05) is 6.61 Å². The van der Waals surface area contributed by atoms with Crippen molar-refractivity contribution in [1.82, 2.24) is 0 Å². The molecular weight excluding hydrogens is 252 g/mol. The van der Waals surface area contributed by atoms with Crippen molar-refractivity contribution in [3.8, 4) is 0 Å². The Bertz CT molecular complexity index is 357. The van der Waals surface area contributed by atoms with E-state index in [9.17, 15) is 9.90 Å². The number of aliphatic hydroxyl groups is 1. The number of carbonyl (C=O) groups is 1. The van der Waals surface area contributed by atoms with Gasteiger partial charge in [-0.3, -0.25) is 0 Å². The molecule has 116 valence electrons. The lowest BCUT2D eigenvalue weighted by molar-refractivity contribution is -0.160. The van der Waals surface area contributed by atoms with Crippen LogP contribution in [-0.2, 0) is 9.53 Å². The summed E-state index contributed by atoms with van der Waals surface area (Å²) in [5, 5.41) is 9.42. The third-order valence-electron chi connectivity index (χ3n) is 2.91. The van der Waals surface area contributed by atoms with Gasteiger partial charge in [-0.05, 0) is 59.0 Å². The molecule has 0 fully saturated rings. The third kappa shape index (κ3) is 9.79. The molecule has 3 heteroatoms. The van der Waals surface area contributed by atoms with Gasteiger partial charge in [0, 0.05) is 0 Å². The fourth-order valence-electron chi connectivity index (χ4n) is 1.81. The first kappa shape index (κ1) is 18.9. The lowest BCUT2D eigenvalue weighted by Crippen LogP contribution is -2.33. The summed E-state index contributed by atoms with van der Waals surface area (Å²) in [6.45, 7) is 11.7. The Morgan fingerprint density at radius 2 is 1.80 bits per heavy atom. The summed E-state index contributed by atoms with van der Waals surface area (Å²) < 4.78 is 4.98. The molecule has 0 amide bonds. The Labute approximate surface area is 123 Å². The Morgan fingerprint density at radius 1 is 1.20 bits per heavy atom. The van der Waals surface area contributed by atoms with Crippen molar-refractivity contribution in [3.05, 3.63) is 23.3 Å². The highest BCUT2D eigenvalue weighted by Crippen LogP contribution is 2.13. The van der Waals surface area contributed by atoms with Crippen LogP contribution in [0.3, 0.4) is 0 Å². The van der Waals surface area contributed by atoms with Crippen LogP contribution in [0.2, 0.25) is 0 Å². The summed E-state index contributed by atoms with van der Waals surface area (Å²) in [6, 6.07) is 0. The number of allylic oxidation sites excluding steroid dienone is 3. The number of ether oxygens (including phenoxy) is 1. The van der Waals surface area contributed by atoms with Crippen molar-refractivity contribution in [2.45, 2.75) is 66.4 Å². The Morgan fingerprint density at radius 3 is 2.30 bits per heavy atom. The van der Waals surface area contributed by atoms with Gasteiger partial charge in [0.1, 0.15) is 6.61 Å². The quantitative estimate of drug-likeness (QED) is 0.540. The summed E-state index contributed by atoms with van der Waals surface area (Å²) >= 11 is 0. The Balaban J connectivity index is 4.01. The molecule has 0 rings (SSSR count).